The van der Waals surface area contributed by atoms with Crippen molar-refractivity contribution in [3.63, 3.8) is 0 Å². The Bertz CT molecular complexity index is 877. The summed E-state index contributed by atoms with van der Waals surface area (Å²) in [5.41, 5.74) is 4.89. The number of phenolic OH excluding ortho intramolecular Hbond substituents is 1. The highest BCUT2D eigenvalue weighted by Crippen LogP contribution is 2.17. The fraction of sp³-hybridized carbons (Fsp3) is 0.296. The Balaban J connectivity index is 0.000000382. The van der Waals surface area contributed by atoms with Gasteiger partial charge in [-0.1, -0.05) is 68.1 Å². The van der Waals surface area contributed by atoms with Gasteiger partial charge < -0.3 is 9.84 Å². The highest BCUT2D eigenvalue weighted by atomic mass is 16.6. The third-order valence-electron chi connectivity index (χ3n) is 4.09. The fourth-order valence-electron chi connectivity index (χ4n) is 2.35. The molecule has 0 saturated heterocycles. The summed E-state index contributed by atoms with van der Waals surface area (Å²) in [5.74, 6) is -0.0272. The van der Waals surface area contributed by atoms with E-state index in [4.69, 9.17) is 4.74 Å². The molecule has 2 rings (SSSR count). The van der Waals surface area contributed by atoms with E-state index in [0.29, 0.717) is 11.3 Å². The van der Waals surface area contributed by atoms with E-state index in [9.17, 15) is 9.90 Å². The number of ether oxygens (including phenoxy) is 1. The lowest BCUT2D eigenvalue weighted by atomic mass is 10.1. The van der Waals surface area contributed by atoms with Crippen LogP contribution in [0, 0.1) is 0 Å². The molecule has 0 saturated carbocycles. The van der Waals surface area contributed by atoms with Gasteiger partial charge in [-0.25, -0.2) is 4.79 Å². The van der Waals surface area contributed by atoms with Gasteiger partial charge in [0.15, 0.2) is 0 Å². The first-order valence-corrected chi connectivity index (χ1v) is 10.1. The van der Waals surface area contributed by atoms with Crippen LogP contribution in [-0.2, 0) is 16.0 Å². The number of aryl methyl sites for hydroxylation is 1. The van der Waals surface area contributed by atoms with Crippen molar-refractivity contribution < 1.29 is 14.6 Å². The van der Waals surface area contributed by atoms with Crippen LogP contribution in [0.3, 0.4) is 0 Å². The van der Waals surface area contributed by atoms with Gasteiger partial charge in [-0.15, -0.1) is 0 Å². The number of allylic oxidation sites excluding steroid dienone is 3. The minimum absolute atomic E-state index is 0.299. The van der Waals surface area contributed by atoms with Crippen molar-refractivity contribution in [1.82, 2.24) is 0 Å². The zero-order chi connectivity index (χ0) is 22.7. The van der Waals surface area contributed by atoms with Gasteiger partial charge in [-0.3, -0.25) is 0 Å². The summed E-state index contributed by atoms with van der Waals surface area (Å²) in [6.07, 6.45) is 7.32. The third-order valence-corrected chi connectivity index (χ3v) is 4.09. The summed E-state index contributed by atoms with van der Waals surface area (Å²) in [5, 5.41) is 9.27. The van der Waals surface area contributed by atoms with Crippen LogP contribution in [0.1, 0.15) is 58.2 Å². The summed E-state index contributed by atoms with van der Waals surface area (Å²) in [7, 11) is 0. The zero-order valence-electron chi connectivity index (χ0n) is 19.0. The fourth-order valence-corrected chi connectivity index (χ4v) is 2.35. The normalized spacial score (nSPS) is 11.6. The van der Waals surface area contributed by atoms with Crippen molar-refractivity contribution in [2.75, 3.05) is 0 Å². The number of hydrogen-bond donors (Lipinski definition) is 1. The van der Waals surface area contributed by atoms with Gasteiger partial charge in [0.25, 0.3) is 0 Å². The number of phenols is 1. The summed E-state index contributed by atoms with van der Waals surface area (Å²) >= 11 is 0. The number of hydrogen-bond acceptors (Lipinski definition) is 3. The maximum Gasteiger partial charge on any atom is 0.333 e. The molecule has 0 heterocycles. The van der Waals surface area contributed by atoms with Gasteiger partial charge in [0.1, 0.15) is 11.4 Å². The Kier molecular flexibility index (Phi) is 9.83. The molecule has 30 heavy (non-hydrogen) atoms. The highest BCUT2D eigenvalue weighted by Gasteiger charge is 2.15. The molecule has 0 aromatic heterocycles. The maximum absolute atomic E-state index is 10.8. The monoisotopic (exact) mass is 406 g/mol. The second-order valence-corrected chi connectivity index (χ2v) is 8.13. The molecule has 2 aromatic rings. The van der Waals surface area contributed by atoms with Gasteiger partial charge in [0.2, 0.25) is 0 Å². The molecule has 0 unspecified atom stereocenters. The summed E-state index contributed by atoms with van der Waals surface area (Å²) in [6.45, 7) is 14.8. The Morgan fingerprint density at radius 2 is 1.60 bits per heavy atom. The SMILES string of the molecule is C=C(C)C(=O)OC(C)(C)C.CCc1ccc(C=CC=C(C)c2ccc(O)cc2)cc1. The van der Waals surface area contributed by atoms with Crippen LogP contribution in [0.4, 0.5) is 0 Å². The minimum Gasteiger partial charge on any atom is -0.508 e. The van der Waals surface area contributed by atoms with Crippen LogP contribution in [-0.4, -0.2) is 16.7 Å². The standard InChI is InChI=1S/C19H20O.C8H14O2/c1-3-16-7-9-17(10-8-16)6-4-5-15(2)18-11-13-19(20)14-12-18;1-6(2)7(9)10-8(3,4)5/h4-14,20H,3H2,1-2H3;1H2,2-5H3. The third kappa shape index (κ3) is 9.92. The first-order valence-electron chi connectivity index (χ1n) is 10.1. The van der Waals surface area contributed by atoms with Crippen LogP contribution in [0.5, 0.6) is 5.75 Å². The van der Waals surface area contributed by atoms with E-state index in [2.05, 4.69) is 62.9 Å². The molecule has 3 nitrogen and oxygen atoms in total. The molecular formula is C27H34O3. The van der Waals surface area contributed by atoms with E-state index in [-0.39, 0.29) is 5.97 Å². The molecule has 2 aromatic carbocycles. The molecule has 0 atom stereocenters. The van der Waals surface area contributed by atoms with E-state index in [1.54, 1.807) is 19.1 Å². The second kappa shape index (κ2) is 11.8. The molecule has 0 fully saturated rings. The van der Waals surface area contributed by atoms with E-state index < -0.39 is 5.60 Å². The quantitative estimate of drug-likeness (QED) is 0.331. The zero-order valence-corrected chi connectivity index (χ0v) is 19.0. The topological polar surface area (TPSA) is 46.5 Å². The number of carbonyl (C=O) groups is 1. The number of rotatable bonds is 5. The molecule has 0 aliphatic rings. The molecule has 0 amide bonds. The van der Waals surface area contributed by atoms with E-state index in [1.165, 1.54) is 16.7 Å². The smallest absolute Gasteiger partial charge is 0.333 e. The number of carbonyl (C=O) groups excluding carboxylic acids is 1. The minimum atomic E-state index is -0.407. The van der Waals surface area contributed by atoms with Gasteiger partial charge in [0, 0.05) is 5.57 Å². The van der Waals surface area contributed by atoms with Crippen molar-refractivity contribution in [3.05, 3.63) is 89.5 Å². The first-order chi connectivity index (χ1) is 14.0. The Hall–Kier alpha value is -3.07. The van der Waals surface area contributed by atoms with Crippen molar-refractivity contribution in [3.8, 4) is 5.75 Å². The summed E-state index contributed by atoms with van der Waals surface area (Å²) in [6, 6.07) is 15.9. The number of aromatic hydroxyl groups is 1. The van der Waals surface area contributed by atoms with Crippen LogP contribution in [0.15, 0.2) is 72.8 Å². The van der Waals surface area contributed by atoms with Crippen molar-refractivity contribution in [2.45, 2.75) is 53.6 Å². The molecule has 0 aliphatic heterocycles. The molecular weight excluding hydrogens is 372 g/mol. The largest absolute Gasteiger partial charge is 0.508 e. The Morgan fingerprint density at radius 1 is 1.03 bits per heavy atom. The average molecular weight is 407 g/mol. The average Bonchev–Trinajstić information content (AvgIpc) is 2.68. The number of esters is 1. The van der Waals surface area contributed by atoms with E-state index in [1.807, 2.05) is 32.9 Å². The number of benzene rings is 2. The van der Waals surface area contributed by atoms with Crippen LogP contribution >= 0.6 is 0 Å². The predicted molar refractivity (Wildman–Crippen MR) is 127 cm³/mol. The molecule has 0 bridgehead atoms. The van der Waals surface area contributed by atoms with Gasteiger partial charge in [-0.2, -0.15) is 0 Å². The van der Waals surface area contributed by atoms with Gasteiger partial charge in [-0.05, 0) is 75.4 Å². The second-order valence-electron chi connectivity index (χ2n) is 8.13. The predicted octanol–water partition coefficient (Wildman–Crippen LogP) is 6.98. The maximum atomic E-state index is 10.8. The Labute approximate surface area is 181 Å². The molecule has 1 N–H and O–H groups in total. The summed E-state index contributed by atoms with van der Waals surface area (Å²) < 4.78 is 4.96. The Morgan fingerprint density at radius 3 is 2.03 bits per heavy atom. The van der Waals surface area contributed by atoms with E-state index in [0.717, 1.165) is 12.0 Å². The van der Waals surface area contributed by atoms with Gasteiger partial charge in [0.05, 0.1) is 0 Å². The lowest BCUT2D eigenvalue weighted by Gasteiger charge is -2.19. The molecule has 3 heteroatoms. The van der Waals surface area contributed by atoms with Crippen LogP contribution in [0.2, 0.25) is 0 Å². The molecule has 160 valence electrons. The molecule has 0 aliphatic carbocycles. The first kappa shape index (κ1) is 25.0. The molecule has 0 radical (unpaired) electrons. The van der Waals surface area contributed by atoms with Crippen LogP contribution in [0.25, 0.3) is 11.6 Å². The van der Waals surface area contributed by atoms with Crippen molar-refractivity contribution in [2.24, 2.45) is 0 Å². The lowest BCUT2D eigenvalue weighted by Crippen LogP contribution is -2.23. The van der Waals surface area contributed by atoms with Gasteiger partial charge >= 0.3 is 5.97 Å². The highest BCUT2D eigenvalue weighted by molar-refractivity contribution is 5.87. The lowest BCUT2D eigenvalue weighted by molar-refractivity contribution is -0.149. The van der Waals surface area contributed by atoms with Crippen molar-refractivity contribution >= 4 is 17.6 Å². The summed E-state index contributed by atoms with van der Waals surface area (Å²) in [4.78, 5) is 10.8. The van der Waals surface area contributed by atoms with E-state index >= 15 is 0 Å². The van der Waals surface area contributed by atoms with Crippen LogP contribution < -0.4 is 0 Å². The molecule has 0 spiro atoms. The van der Waals surface area contributed by atoms with Crippen molar-refractivity contribution in [1.29, 1.82) is 0 Å².